The Labute approximate surface area is 193 Å². The Morgan fingerprint density at radius 1 is 0.970 bits per heavy atom. The van der Waals surface area contributed by atoms with Gasteiger partial charge < -0.3 is 10.2 Å². The van der Waals surface area contributed by atoms with Gasteiger partial charge in [0.25, 0.3) is 15.7 Å². The summed E-state index contributed by atoms with van der Waals surface area (Å²) in [5.74, 6) is 0.155. The predicted octanol–water partition coefficient (Wildman–Crippen LogP) is 3.40. The van der Waals surface area contributed by atoms with Gasteiger partial charge in [-0.05, 0) is 56.0 Å². The van der Waals surface area contributed by atoms with Crippen molar-refractivity contribution in [3.05, 3.63) is 71.0 Å². The molecule has 11 heteroatoms. The van der Waals surface area contributed by atoms with Gasteiger partial charge in [-0.3, -0.25) is 19.8 Å². The third-order valence-electron chi connectivity index (χ3n) is 4.73. The van der Waals surface area contributed by atoms with Crippen LogP contribution in [0.2, 0.25) is 0 Å². The number of amides is 2. The maximum Gasteiger partial charge on any atom is 0.324 e. The average molecular weight is 476 g/mol. The summed E-state index contributed by atoms with van der Waals surface area (Å²) in [6.07, 6.45) is 0. The molecule has 0 unspecified atom stereocenters. The molecule has 0 atom stereocenters. The minimum Gasteiger partial charge on any atom is -0.308 e. The van der Waals surface area contributed by atoms with E-state index in [0.717, 1.165) is 16.8 Å². The molecule has 33 heavy (non-hydrogen) atoms. The molecule has 178 valence electrons. The summed E-state index contributed by atoms with van der Waals surface area (Å²) in [7, 11) is -4.32. The highest BCUT2D eigenvalue weighted by atomic mass is 32.2. The van der Waals surface area contributed by atoms with E-state index in [1.807, 2.05) is 6.07 Å². The van der Waals surface area contributed by atoms with Crippen LogP contribution in [0.15, 0.2) is 70.4 Å². The molecule has 0 aliphatic rings. The smallest absolute Gasteiger partial charge is 0.308 e. The van der Waals surface area contributed by atoms with Gasteiger partial charge in [0.05, 0.1) is 10.6 Å². The third kappa shape index (κ3) is 7.90. The van der Waals surface area contributed by atoms with Gasteiger partial charge in [-0.1, -0.05) is 39.0 Å². The van der Waals surface area contributed by atoms with E-state index in [-0.39, 0.29) is 10.7 Å². The van der Waals surface area contributed by atoms with Gasteiger partial charge in [0.2, 0.25) is 0 Å². The van der Waals surface area contributed by atoms with Gasteiger partial charge >= 0.3 is 6.03 Å². The summed E-state index contributed by atoms with van der Waals surface area (Å²) < 4.78 is 32.2. The van der Waals surface area contributed by atoms with Crippen LogP contribution in [0.3, 0.4) is 0 Å². The van der Waals surface area contributed by atoms with Crippen LogP contribution in [0, 0.1) is 0 Å². The Kier molecular flexibility index (Phi) is 9.40. The zero-order chi connectivity index (χ0) is 24.4. The molecule has 0 radical (unpaired) electrons. The molecule has 0 aliphatic carbocycles. The van der Waals surface area contributed by atoms with E-state index in [0.29, 0.717) is 11.4 Å². The van der Waals surface area contributed by atoms with Gasteiger partial charge in [0.1, 0.15) is 5.82 Å². The highest BCUT2D eigenvalue weighted by Crippen LogP contribution is 2.13. The van der Waals surface area contributed by atoms with E-state index in [2.05, 4.69) is 41.4 Å². The monoisotopic (exact) mass is 475 g/mol. The molecule has 1 heterocycles. The number of nitrogens with one attached hydrogen (secondary N) is 3. The van der Waals surface area contributed by atoms with Crippen molar-refractivity contribution in [1.82, 2.24) is 14.7 Å². The van der Waals surface area contributed by atoms with Crippen molar-refractivity contribution in [2.24, 2.45) is 0 Å². The van der Waals surface area contributed by atoms with Crippen LogP contribution in [-0.2, 0) is 10.1 Å². The van der Waals surface area contributed by atoms with Crippen LogP contribution < -0.4 is 16.2 Å². The highest BCUT2D eigenvalue weighted by molar-refractivity contribution is 7.85. The molecule has 10 nitrogen and oxygen atoms in total. The molecule has 2 amide bonds. The summed E-state index contributed by atoms with van der Waals surface area (Å²) in [5.41, 5.74) is 0.464. The van der Waals surface area contributed by atoms with E-state index in [1.54, 1.807) is 24.3 Å². The number of para-hydroxylation sites is 1. The second-order valence-electron chi connectivity index (χ2n) is 6.88. The zero-order valence-electron chi connectivity index (χ0n) is 18.8. The van der Waals surface area contributed by atoms with E-state index in [1.165, 1.54) is 37.8 Å². The van der Waals surface area contributed by atoms with Crippen LogP contribution >= 0.6 is 0 Å². The fourth-order valence-electron chi connectivity index (χ4n) is 2.90. The van der Waals surface area contributed by atoms with Gasteiger partial charge in [0.15, 0.2) is 0 Å². The number of hydrogen-bond acceptors (Lipinski definition) is 5. The molecule has 1 aromatic heterocycles. The molecule has 3 aromatic rings. The van der Waals surface area contributed by atoms with Gasteiger partial charge in [-0.25, -0.2) is 9.48 Å². The largest absolute Gasteiger partial charge is 0.324 e. The summed E-state index contributed by atoms with van der Waals surface area (Å²) >= 11 is 0. The molecular formula is C22H29N5O5S. The second-order valence-corrected chi connectivity index (χ2v) is 8.30. The molecule has 0 spiro atoms. The quantitative estimate of drug-likeness (QED) is 0.387. The van der Waals surface area contributed by atoms with Gasteiger partial charge in [-0.2, -0.15) is 8.42 Å². The standard InChI is InChI=1S/C16H14N4O5S.C6H15N/c21-15-10-14(18-16(22)17-11-4-2-1-3-5-11)19-20(15)12-6-8-13(9-7-12)26(23,24)25;1-4-7(5-2)6-3/h1-10,19H,(H2,17,18,22)(H,23,24,25);4-6H2,1-3H3. The van der Waals surface area contributed by atoms with E-state index < -0.39 is 21.7 Å². The molecule has 0 saturated heterocycles. The first-order chi connectivity index (χ1) is 15.7. The van der Waals surface area contributed by atoms with E-state index in [4.69, 9.17) is 4.55 Å². The number of carbonyl (C=O) groups excluding carboxylic acids is 1. The van der Waals surface area contributed by atoms with E-state index in [9.17, 15) is 18.0 Å². The van der Waals surface area contributed by atoms with Crippen molar-refractivity contribution in [2.45, 2.75) is 25.7 Å². The van der Waals surface area contributed by atoms with Crippen LogP contribution in [-0.4, -0.2) is 53.3 Å². The lowest BCUT2D eigenvalue weighted by molar-refractivity contribution is 0.262. The number of carbonyl (C=O) groups is 1. The average Bonchev–Trinajstić information content (AvgIpc) is 3.15. The number of aromatic nitrogens is 2. The first kappa shape index (κ1) is 25.8. The molecule has 2 aromatic carbocycles. The fraction of sp³-hybridized carbons (Fsp3) is 0.273. The molecule has 0 fully saturated rings. The van der Waals surface area contributed by atoms with Crippen LogP contribution in [0.4, 0.5) is 16.3 Å². The normalized spacial score (nSPS) is 10.9. The molecule has 0 bridgehead atoms. The number of rotatable bonds is 7. The number of aromatic amines is 1. The number of benzene rings is 2. The van der Waals surface area contributed by atoms with Crippen molar-refractivity contribution in [3.8, 4) is 5.69 Å². The third-order valence-corrected chi connectivity index (χ3v) is 5.60. The number of H-pyrrole nitrogens is 1. The lowest BCUT2D eigenvalue weighted by atomic mass is 10.3. The topological polar surface area (TPSA) is 137 Å². The minimum absolute atomic E-state index is 0.155. The SMILES string of the molecule is CCN(CC)CC.O=C(Nc1ccccc1)Nc1cc(=O)n(-c2ccc(S(=O)(=O)O)cc2)[nH]1. The lowest BCUT2D eigenvalue weighted by Gasteiger charge is -2.13. The lowest BCUT2D eigenvalue weighted by Crippen LogP contribution is -2.21. The maximum atomic E-state index is 12.1. The predicted molar refractivity (Wildman–Crippen MR) is 129 cm³/mol. The second kappa shape index (κ2) is 12.0. The van der Waals surface area contributed by atoms with Crippen LogP contribution in [0.1, 0.15) is 20.8 Å². The summed E-state index contributed by atoms with van der Waals surface area (Å²) in [4.78, 5) is 26.1. The Bertz CT molecular complexity index is 1180. The van der Waals surface area contributed by atoms with Crippen molar-refractivity contribution >= 4 is 27.7 Å². The first-order valence-electron chi connectivity index (χ1n) is 10.4. The fourth-order valence-corrected chi connectivity index (χ4v) is 3.38. The highest BCUT2D eigenvalue weighted by Gasteiger charge is 2.11. The number of anilines is 2. The Morgan fingerprint density at radius 3 is 2.03 bits per heavy atom. The van der Waals surface area contributed by atoms with Crippen molar-refractivity contribution in [1.29, 1.82) is 0 Å². The molecular weight excluding hydrogens is 446 g/mol. The van der Waals surface area contributed by atoms with Gasteiger partial charge in [0, 0.05) is 11.8 Å². The zero-order valence-corrected chi connectivity index (χ0v) is 19.6. The number of urea groups is 1. The summed E-state index contributed by atoms with van der Waals surface area (Å²) in [6, 6.07) is 14.4. The summed E-state index contributed by atoms with van der Waals surface area (Å²) in [6.45, 7) is 10.1. The van der Waals surface area contributed by atoms with Crippen LogP contribution in [0.5, 0.6) is 0 Å². The van der Waals surface area contributed by atoms with Crippen molar-refractivity contribution < 1.29 is 17.8 Å². The van der Waals surface area contributed by atoms with Crippen LogP contribution in [0.25, 0.3) is 5.69 Å². The first-order valence-corrected chi connectivity index (χ1v) is 11.9. The maximum absolute atomic E-state index is 12.1. The minimum atomic E-state index is -4.32. The summed E-state index contributed by atoms with van der Waals surface area (Å²) in [5, 5.41) is 7.79. The Balaban J connectivity index is 0.000000479. The van der Waals surface area contributed by atoms with E-state index >= 15 is 0 Å². The number of nitrogens with zero attached hydrogens (tertiary/aromatic N) is 2. The van der Waals surface area contributed by atoms with Crippen molar-refractivity contribution in [3.63, 3.8) is 0 Å². The Hall–Kier alpha value is -3.41. The number of hydrogen-bond donors (Lipinski definition) is 4. The molecule has 0 saturated carbocycles. The molecule has 3 rings (SSSR count). The van der Waals surface area contributed by atoms with Crippen molar-refractivity contribution in [2.75, 3.05) is 30.3 Å². The molecule has 0 aliphatic heterocycles. The molecule has 4 N–H and O–H groups in total. The van der Waals surface area contributed by atoms with Gasteiger partial charge in [-0.15, -0.1) is 0 Å². The Morgan fingerprint density at radius 2 is 1.55 bits per heavy atom.